The molecule has 2 aromatic carbocycles. The fourth-order valence-electron chi connectivity index (χ4n) is 4.39. The van der Waals surface area contributed by atoms with Gasteiger partial charge in [-0.15, -0.1) is 0 Å². The maximum absolute atomic E-state index is 12.9. The number of hydrogen-bond acceptors (Lipinski definition) is 5. The number of β-amino-alcohol motifs (C(OH)–C–C–N with tert-alkyl or cyclic N) is 1. The fourth-order valence-corrected chi connectivity index (χ4v) is 4.39. The average molecular weight is 474 g/mol. The van der Waals surface area contributed by atoms with Crippen molar-refractivity contribution in [2.45, 2.75) is 37.1 Å². The van der Waals surface area contributed by atoms with Crippen molar-refractivity contribution in [2.75, 3.05) is 31.6 Å². The third kappa shape index (κ3) is 4.25. The molecule has 2 heterocycles. The number of halogens is 3. The van der Waals surface area contributed by atoms with Crippen LogP contribution in [-0.4, -0.2) is 54.4 Å². The largest absolute Gasteiger partial charge is 0.496 e. The minimum absolute atomic E-state index is 0.194. The molecule has 1 amide bonds. The number of alkyl halides is 3. The van der Waals surface area contributed by atoms with Crippen molar-refractivity contribution in [3.05, 3.63) is 65.4 Å². The van der Waals surface area contributed by atoms with Gasteiger partial charge in [0.05, 0.1) is 7.11 Å². The molecule has 5 rings (SSSR count). The number of aliphatic hydroxyl groups is 1. The van der Waals surface area contributed by atoms with Gasteiger partial charge in [0.2, 0.25) is 0 Å². The number of amides is 1. The molecule has 1 N–H and O–H groups in total. The molecule has 1 saturated heterocycles. The molecule has 0 spiro atoms. The Kier molecular flexibility index (Phi) is 5.56. The quantitative estimate of drug-likeness (QED) is 0.658. The monoisotopic (exact) mass is 474 g/mol. The van der Waals surface area contributed by atoms with Crippen LogP contribution in [0, 0.1) is 0 Å². The molecule has 6 nitrogen and oxygen atoms in total. The first-order valence-electron chi connectivity index (χ1n) is 11.1. The van der Waals surface area contributed by atoms with Gasteiger partial charge >= 0.3 is 6.18 Å². The minimum atomic E-state index is -4.65. The van der Waals surface area contributed by atoms with Gasteiger partial charge < -0.3 is 19.5 Å². The Morgan fingerprint density at radius 3 is 2.44 bits per heavy atom. The van der Waals surface area contributed by atoms with E-state index in [1.807, 2.05) is 24.3 Å². The Morgan fingerprint density at radius 1 is 1.12 bits per heavy atom. The average Bonchev–Trinajstić information content (AvgIpc) is 3.57. The second-order valence-electron chi connectivity index (χ2n) is 9.10. The molecule has 180 valence electrons. The number of methoxy groups -OCH3 is 1. The standard InChI is InChI=1S/C25H25F3N2O4/c1-33-22-12-19(7-4-18(22)13-29-14-24(32,15-29)25(26,27)28)30-11-10-21(23(30)31)34-20-8-5-17(6-9-20)16-2-3-16/h4-10,12,16,32H,2-3,11,13-15H2,1H3. The summed E-state index contributed by atoms with van der Waals surface area (Å²) < 4.78 is 49.9. The number of nitrogens with zero attached hydrogens (tertiary/aromatic N) is 2. The third-order valence-corrected chi connectivity index (χ3v) is 6.55. The molecule has 0 bridgehead atoms. The first kappa shape index (κ1) is 22.7. The molecule has 2 aliphatic heterocycles. The lowest BCUT2D eigenvalue weighted by atomic mass is 9.93. The van der Waals surface area contributed by atoms with Crippen LogP contribution < -0.4 is 14.4 Å². The van der Waals surface area contributed by atoms with Gasteiger partial charge in [0.15, 0.2) is 11.4 Å². The van der Waals surface area contributed by atoms with E-state index in [1.165, 1.54) is 30.4 Å². The summed E-state index contributed by atoms with van der Waals surface area (Å²) in [7, 11) is 1.47. The topological polar surface area (TPSA) is 62.2 Å². The van der Waals surface area contributed by atoms with Crippen LogP contribution in [0.15, 0.2) is 54.3 Å². The van der Waals surface area contributed by atoms with Crippen LogP contribution >= 0.6 is 0 Å². The first-order valence-corrected chi connectivity index (χ1v) is 11.1. The predicted octanol–water partition coefficient (Wildman–Crippen LogP) is 3.99. The minimum Gasteiger partial charge on any atom is -0.496 e. The van der Waals surface area contributed by atoms with Crippen molar-refractivity contribution in [1.82, 2.24) is 4.90 Å². The van der Waals surface area contributed by atoms with Crippen molar-refractivity contribution in [3.8, 4) is 11.5 Å². The third-order valence-electron chi connectivity index (χ3n) is 6.55. The Balaban J connectivity index is 1.22. The van der Waals surface area contributed by atoms with E-state index in [2.05, 4.69) is 0 Å². The first-order chi connectivity index (χ1) is 16.2. The second-order valence-corrected chi connectivity index (χ2v) is 9.10. The second kappa shape index (κ2) is 8.32. The predicted molar refractivity (Wildman–Crippen MR) is 119 cm³/mol. The van der Waals surface area contributed by atoms with Crippen LogP contribution in [0.25, 0.3) is 0 Å². The summed E-state index contributed by atoms with van der Waals surface area (Å²) in [5.74, 6) is 1.67. The van der Waals surface area contributed by atoms with E-state index >= 15 is 0 Å². The van der Waals surface area contributed by atoms with Gasteiger partial charge in [-0.1, -0.05) is 18.2 Å². The molecule has 2 fully saturated rings. The summed E-state index contributed by atoms with van der Waals surface area (Å²) >= 11 is 0. The molecule has 0 aromatic heterocycles. The van der Waals surface area contributed by atoms with Gasteiger partial charge in [-0.3, -0.25) is 9.69 Å². The number of rotatable bonds is 7. The normalized spacial score (nSPS) is 20.2. The van der Waals surface area contributed by atoms with E-state index < -0.39 is 24.9 Å². The highest BCUT2D eigenvalue weighted by Gasteiger charge is 2.60. The lowest BCUT2D eigenvalue weighted by Crippen LogP contribution is -2.68. The van der Waals surface area contributed by atoms with Crippen molar-refractivity contribution in [3.63, 3.8) is 0 Å². The summed E-state index contributed by atoms with van der Waals surface area (Å²) in [5, 5.41) is 9.65. The molecule has 1 aliphatic carbocycles. The van der Waals surface area contributed by atoms with Gasteiger partial charge in [0.25, 0.3) is 5.91 Å². The van der Waals surface area contributed by atoms with Crippen molar-refractivity contribution in [2.24, 2.45) is 0 Å². The lowest BCUT2D eigenvalue weighted by Gasteiger charge is -2.47. The highest BCUT2D eigenvalue weighted by Crippen LogP contribution is 2.41. The van der Waals surface area contributed by atoms with Crippen LogP contribution in [0.4, 0.5) is 18.9 Å². The Morgan fingerprint density at radius 2 is 1.82 bits per heavy atom. The maximum Gasteiger partial charge on any atom is 0.419 e. The number of likely N-dealkylation sites (tertiary alicyclic amines) is 1. The zero-order valence-corrected chi connectivity index (χ0v) is 18.6. The Hall–Kier alpha value is -3.04. The van der Waals surface area contributed by atoms with Crippen LogP contribution in [0.5, 0.6) is 11.5 Å². The Bertz CT molecular complexity index is 1120. The molecule has 9 heteroatoms. The molecule has 3 aliphatic rings. The molecular formula is C25H25F3N2O4. The smallest absolute Gasteiger partial charge is 0.419 e. The molecule has 0 unspecified atom stereocenters. The van der Waals surface area contributed by atoms with E-state index in [9.17, 15) is 23.1 Å². The van der Waals surface area contributed by atoms with Crippen LogP contribution in [0.3, 0.4) is 0 Å². The summed E-state index contributed by atoms with van der Waals surface area (Å²) in [6, 6.07) is 12.9. The van der Waals surface area contributed by atoms with E-state index in [0.717, 1.165) is 0 Å². The number of carbonyl (C=O) groups excluding carboxylic acids is 1. The fraction of sp³-hybridized carbons (Fsp3) is 0.400. The zero-order valence-electron chi connectivity index (χ0n) is 18.6. The maximum atomic E-state index is 12.9. The van der Waals surface area contributed by atoms with E-state index in [0.29, 0.717) is 35.2 Å². The summed E-state index contributed by atoms with van der Waals surface area (Å²) in [5.41, 5.74) is -0.112. The summed E-state index contributed by atoms with van der Waals surface area (Å²) in [4.78, 5) is 16.0. The SMILES string of the molecule is COc1cc(N2CC=C(Oc3ccc(C4CC4)cc3)C2=O)ccc1CN1CC(O)(C(F)(F)F)C1. The summed E-state index contributed by atoms with van der Waals surface area (Å²) in [6.45, 7) is -0.447. The highest BCUT2D eigenvalue weighted by molar-refractivity contribution is 6.07. The van der Waals surface area contributed by atoms with Gasteiger partial charge in [-0.2, -0.15) is 13.2 Å². The lowest BCUT2D eigenvalue weighted by molar-refractivity contribution is -0.302. The summed E-state index contributed by atoms with van der Waals surface area (Å²) in [6.07, 6.45) is -0.501. The van der Waals surface area contributed by atoms with Crippen molar-refractivity contribution >= 4 is 11.6 Å². The van der Waals surface area contributed by atoms with Crippen LogP contribution in [0.1, 0.15) is 29.9 Å². The van der Waals surface area contributed by atoms with Crippen molar-refractivity contribution < 1.29 is 32.5 Å². The molecule has 34 heavy (non-hydrogen) atoms. The number of benzene rings is 2. The molecule has 0 atom stereocenters. The highest BCUT2D eigenvalue weighted by atomic mass is 19.4. The van der Waals surface area contributed by atoms with Gasteiger partial charge in [0, 0.05) is 43.5 Å². The number of carbonyl (C=O) groups is 1. The van der Waals surface area contributed by atoms with E-state index in [4.69, 9.17) is 9.47 Å². The zero-order chi connectivity index (χ0) is 24.1. The van der Waals surface area contributed by atoms with E-state index in [1.54, 1.807) is 29.2 Å². The van der Waals surface area contributed by atoms with Gasteiger partial charge in [0.1, 0.15) is 11.5 Å². The number of ether oxygens (including phenoxy) is 2. The Labute approximate surface area is 195 Å². The van der Waals surface area contributed by atoms with Crippen molar-refractivity contribution in [1.29, 1.82) is 0 Å². The number of anilines is 1. The van der Waals surface area contributed by atoms with Gasteiger partial charge in [-0.05, 0) is 48.6 Å². The van der Waals surface area contributed by atoms with Crippen LogP contribution in [0.2, 0.25) is 0 Å². The molecule has 1 saturated carbocycles. The number of hydrogen-bond donors (Lipinski definition) is 1. The molecule has 2 aromatic rings. The molecular weight excluding hydrogens is 449 g/mol. The van der Waals surface area contributed by atoms with Gasteiger partial charge in [-0.25, -0.2) is 0 Å². The molecule has 0 radical (unpaired) electrons. The van der Waals surface area contributed by atoms with Crippen LogP contribution in [-0.2, 0) is 11.3 Å². The van der Waals surface area contributed by atoms with E-state index in [-0.39, 0.29) is 18.2 Å².